The maximum absolute atomic E-state index is 12.5. The van der Waals surface area contributed by atoms with E-state index < -0.39 is 0 Å². The number of aromatic nitrogens is 3. The molecule has 3 heterocycles. The Kier molecular flexibility index (Phi) is 6.46. The van der Waals surface area contributed by atoms with Gasteiger partial charge in [-0.3, -0.25) is 9.48 Å². The summed E-state index contributed by atoms with van der Waals surface area (Å²) in [6.45, 7) is 4.97. The number of nitrogen functional groups attached to an aromatic ring is 1. The third-order valence-corrected chi connectivity index (χ3v) is 4.95. The smallest absolute Gasteiger partial charge is 0.251 e. The van der Waals surface area contributed by atoms with Gasteiger partial charge < -0.3 is 16.4 Å². The Labute approximate surface area is 167 Å². The van der Waals surface area contributed by atoms with E-state index in [1.807, 2.05) is 29.8 Å². The summed E-state index contributed by atoms with van der Waals surface area (Å²) in [7, 11) is 0. The molecule has 10 heteroatoms. The largest absolute Gasteiger partial charge is 0.375 e. The molecule has 1 aliphatic heterocycles. The third-order valence-electron chi connectivity index (χ3n) is 4.11. The molecule has 1 aromatic carbocycles. The van der Waals surface area contributed by atoms with Gasteiger partial charge in [0, 0.05) is 18.7 Å². The molecule has 3 aromatic rings. The summed E-state index contributed by atoms with van der Waals surface area (Å²) >= 11 is 1.39. The highest BCUT2D eigenvalue weighted by Crippen LogP contribution is 2.27. The fraction of sp³-hybridized carbons (Fsp3) is 0.312. The molecule has 4 N–H and O–H groups in total. The molecule has 0 unspecified atom stereocenters. The molecule has 0 bridgehead atoms. The van der Waals surface area contributed by atoms with Crippen LogP contribution in [0.5, 0.6) is 0 Å². The lowest BCUT2D eigenvalue weighted by Gasteiger charge is -2.13. The lowest BCUT2D eigenvalue weighted by Crippen LogP contribution is -2.28. The number of aryl methyl sites for hydroxylation is 1. The average molecular weight is 415 g/mol. The number of hydrogen-bond acceptors (Lipinski definition) is 6. The zero-order valence-corrected chi connectivity index (χ0v) is 16.6. The quantitative estimate of drug-likeness (QED) is 0.610. The zero-order valence-electron chi connectivity index (χ0n) is 14.1. The van der Waals surface area contributed by atoms with Crippen LogP contribution in [0.25, 0.3) is 10.2 Å². The van der Waals surface area contributed by atoms with Crippen LogP contribution in [-0.4, -0.2) is 27.2 Å². The number of benzene rings is 1. The van der Waals surface area contributed by atoms with E-state index in [0.717, 1.165) is 46.8 Å². The molecule has 0 saturated carbocycles. The van der Waals surface area contributed by atoms with Crippen molar-refractivity contribution in [3.05, 3.63) is 40.7 Å². The molecular formula is C16H20Cl2N6OS. The van der Waals surface area contributed by atoms with Crippen molar-refractivity contribution in [1.29, 1.82) is 0 Å². The van der Waals surface area contributed by atoms with Crippen LogP contribution in [0.4, 0.5) is 5.13 Å². The molecule has 0 spiro atoms. The topological polar surface area (TPSA) is 97.9 Å². The molecule has 7 nitrogen and oxygen atoms in total. The standard InChI is InChI=1S/C16H18N6OS.2ClH/c1-9-4-10(5-13-14(9)20-16(17)24-13)15(23)19-7-11-6-12-8-18-2-3-22(12)21-11;;/h4-6,18H,2-3,7-8H2,1H3,(H2,17,20)(H,19,23);2*1H. The summed E-state index contributed by atoms with van der Waals surface area (Å²) in [5, 5.41) is 11.3. The van der Waals surface area contributed by atoms with E-state index in [9.17, 15) is 4.79 Å². The van der Waals surface area contributed by atoms with E-state index in [4.69, 9.17) is 5.73 Å². The predicted octanol–water partition coefficient (Wildman–Crippen LogP) is 2.26. The molecule has 0 aliphatic carbocycles. The van der Waals surface area contributed by atoms with Crippen LogP contribution in [0.3, 0.4) is 0 Å². The Balaban J connectivity index is 0.00000121. The second kappa shape index (κ2) is 8.22. The van der Waals surface area contributed by atoms with E-state index in [0.29, 0.717) is 17.2 Å². The minimum Gasteiger partial charge on any atom is -0.375 e. The van der Waals surface area contributed by atoms with Crippen LogP contribution in [0, 0.1) is 6.92 Å². The number of nitrogens with zero attached hydrogens (tertiary/aromatic N) is 3. The van der Waals surface area contributed by atoms with Crippen LogP contribution >= 0.6 is 36.2 Å². The Hall–Kier alpha value is -1.87. The fourth-order valence-electron chi connectivity index (χ4n) is 2.96. The molecule has 1 amide bonds. The number of rotatable bonds is 3. The molecule has 26 heavy (non-hydrogen) atoms. The van der Waals surface area contributed by atoms with Gasteiger partial charge in [-0.15, -0.1) is 24.8 Å². The number of carbonyl (C=O) groups is 1. The van der Waals surface area contributed by atoms with Gasteiger partial charge in [0.15, 0.2) is 5.13 Å². The van der Waals surface area contributed by atoms with Crippen molar-refractivity contribution >= 4 is 57.4 Å². The molecule has 2 aromatic heterocycles. The van der Waals surface area contributed by atoms with E-state index >= 15 is 0 Å². The first kappa shape index (κ1) is 20.4. The monoisotopic (exact) mass is 414 g/mol. The lowest BCUT2D eigenvalue weighted by atomic mass is 10.1. The Morgan fingerprint density at radius 3 is 2.96 bits per heavy atom. The summed E-state index contributed by atoms with van der Waals surface area (Å²) in [5.41, 5.74) is 10.2. The Morgan fingerprint density at radius 2 is 2.19 bits per heavy atom. The summed E-state index contributed by atoms with van der Waals surface area (Å²) in [6.07, 6.45) is 0. The van der Waals surface area contributed by atoms with Gasteiger partial charge in [0.1, 0.15) is 0 Å². The van der Waals surface area contributed by atoms with Gasteiger partial charge in [0.05, 0.1) is 34.7 Å². The van der Waals surface area contributed by atoms with E-state index in [1.54, 1.807) is 0 Å². The minimum atomic E-state index is -0.115. The normalized spacial score (nSPS) is 12.8. The summed E-state index contributed by atoms with van der Waals surface area (Å²) in [4.78, 5) is 16.7. The first-order valence-electron chi connectivity index (χ1n) is 7.81. The molecule has 0 fully saturated rings. The molecule has 0 saturated heterocycles. The molecule has 1 aliphatic rings. The number of carbonyl (C=O) groups excluding carboxylic acids is 1. The van der Waals surface area contributed by atoms with Crippen molar-refractivity contribution < 1.29 is 4.79 Å². The predicted molar refractivity (Wildman–Crippen MR) is 108 cm³/mol. The van der Waals surface area contributed by atoms with Crippen LogP contribution < -0.4 is 16.4 Å². The van der Waals surface area contributed by atoms with Crippen LogP contribution in [0.2, 0.25) is 0 Å². The van der Waals surface area contributed by atoms with Crippen molar-refractivity contribution in [2.45, 2.75) is 26.6 Å². The van der Waals surface area contributed by atoms with Crippen molar-refractivity contribution in [2.75, 3.05) is 12.3 Å². The number of amides is 1. The van der Waals surface area contributed by atoms with Crippen molar-refractivity contribution in [3.8, 4) is 0 Å². The van der Waals surface area contributed by atoms with Crippen LogP contribution in [0.1, 0.15) is 27.3 Å². The molecule has 0 radical (unpaired) electrons. The number of hydrogen-bond donors (Lipinski definition) is 3. The number of nitrogens with two attached hydrogens (primary N) is 1. The van der Waals surface area contributed by atoms with Gasteiger partial charge >= 0.3 is 0 Å². The minimum absolute atomic E-state index is 0. The van der Waals surface area contributed by atoms with Gasteiger partial charge in [0.25, 0.3) is 5.91 Å². The van der Waals surface area contributed by atoms with E-state index in [1.165, 1.54) is 11.3 Å². The SMILES string of the molecule is Cc1cc(C(=O)NCc2cc3n(n2)CCNC3)cc2sc(N)nc12.Cl.Cl. The summed E-state index contributed by atoms with van der Waals surface area (Å²) < 4.78 is 2.93. The van der Waals surface area contributed by atoms with Crippen molar-refractivity contribution in [1.82, 2.24) is 25.4 Å². The Morgan fingerprint density at radius 1 is 1.38 bits per heavy atom. The highest BCUT2D eigenvalue weighted by atomic mass is 35.5. The second-order valence-electron chi connectivity index (χ2n) is 5.90. The van der Waals surface area contributed by atoms with Crippen molar-refractivity contribution in [3.63, 3.8) is 0 Å². The summed E-state index contributed by atoms with van der Waals surface area (Å²) in [5.74, 6) is -0.115. The lowest BCUT2D eigenvalue weighted by molar-refractivity contribution is 0.0950. The zero-order chi connectivity index (χ0) is 16.7. The van der Waals surface area contributed by atoms with Gasteiger partial charge in [0.2, 0.25) is 0 Å². The van der Waals surface area contributed by atoms with Gasteiger partial charge in [-0.05, 0) is 30.7 Å². The maximum Gasteiger partial charge on any atom is 0.251 e. The average Bonchev–Trinajstić information content (AvgIpc) is 3.14. The van der Waals surface area contributed by atoms with Crippen molar-refractivity contribution in [2.24, 2.45) is 0 Å². The third kappa shape index (κ3) is 3.93. The number of anilines is 1. The van der Waals surface area contributed by atoms with Crippen LogP contribution in [0.15, 0.2) is 18.2 Å². The number of nitrogens with one attached hydrogen (secondary N) is 2. The molecule has 4 rings (SSSR count). The Bertz CT molecular complexity index is 915. The highest BCUT2D eigenvalue weighted by molar-refractivity contribution is 7.22. The highest BCUT2D eigenvalue weighted by Gasteiger charge is 2.14. The fourth-order valence-corrected chi connectivity index (χ4v) is 3.81. The first-order valence-corrected chi connectivity index (χ1v) is 8.63. The van der Waals surface area contributed by atoms with Gasteiger partial charge in [-0.1, -0.05) is 11.3 Å². The van der Waals surface area contributed by atoms with Crippen LogP contribution in [-0.2, 0) is 19.6 Å². The maximum atomic E-state index is 12.5. The van der Waals surface area contributed by atoms with Gasteiger partial charge in [-0.25, -0.2) is 4.98 Å². The van der Waals surface area contributed by atoms with Gasteiger partial charge in [-0.2, -0.15) is 5.10 Å². The number of fused-ring (bicyclic) bond motifs is 2. The summed E-state index contributed by atoms with van der Waals surface area (Å²) in [6, 6.07) is 5.72. The first-order chi connectivity index (χ1) is 11.6. The molecule has 0 atom stereocenters. The van der Waals surface area contributed by atoms with E-state index in [-0.39, 0.29) is 30.7 Å². The van der Waals surface area contributed by atoms with E-state index in [2.05, 4.69) is 20.7 Å². The molecular weight excluding hydrogens is 395 g/mol. The number of thiazole rings is 1. The second-order valence-corrected chi connectivity index (χ2v) is 6.96. The molecule has 140 valence electrons. The number of halogens is 2.